The average Bonchev–Trinajstić information content (AvgIpc) is 2.20. The van der Waals surface area contributed by atoms with Gasteiger partial charge in [0.05, 0.1) is 0 Å². The molecule has 1 aromatic rings. The zero-order valence-corrected chi connectivity index (χ0v) is 8.67. The molecule has 0 fully saturated rings. The molecule has 4 heteroatoms. The Morgan fingerprint density at radius 3 is 2.80 bits per heavy atom. The van der Waals surface area contributed by atoms with Crippen molar-refractivity contribution >= 4 is 0 Å². The Hall–Kier alpha value is -1.00. The van der Waals surface area contributed by atoms with E-state index in [1.54, 1.807) is 7.11 Å². The second-order valence-electron chi connectivity index (χ2n) is 3.48. The first-order valence-corrected chi connectivity index (χ1v) is 4.82. The molecule has 0 radical (unpaired) electrons. The molecule has 0 saturated carbocycles. The highest BCUT2D eigenvalue weighted by atomic mass is 19.1. The van der Waals surface area contributed by atoms with Crippen LogP contribution in [0.2, 0.25) is 0 Å². The van der Waals surface area contributed by atoms with E-state index in [1.807, 2.05) is 0 Å². The molecule has 1 atom stereocenters. The Morgan fingerprint density at radius 1 is 1.40 bits per heavy atom. The van der Waals surface area contributed by atoms with E-state index in [4.69, 9.17) is 10.5 Å². The van der Waals surface area contributed by atoms with Crippen LogP contribution in [0.15, 0.2) is 18.2 Å². The zero-order valence-electron chi connectivity index (χ0n) is 8.67. The molecule has 0 spiro atoms. The van der Waals surface area contributed by atoms with Gasteiger partial charge in [-0.1, -0.05) is 0 Å². The third kappa shape index (κ3) is 3.93. The number of benzene rings is 1. The highest BCUT2D eigenvalue weighted by Gasteiger charge is 2.09. The summed E-state index contributed by atoms with van der Waals surface area (Å²) >= 11 is 0. The number of hydrogen-bond donors (Lipinski definition) is 1. The van der Waals surface area contributed by atoms with Crippen molar-refractivity contribution < 1.29 is 13.5 Å². The Morgan fingerprint density at radius 2 is 2.13 bits per heavy atom. The van der Waals surface area contributed by atoms with Crippen molar-refractivity contribution in [1.29, 1.82) is 0 Å². The van der Waals surface area contributed by atoms with Crippen LogP contribution in [-0.2, 0) is 11.2 Å². The molecular weight excluding hydrogens is 200 g/mol. The van der Waals surface area contributed by atoms with E-state index >= 15 is 0 Å². The Labute approximate surface area is 88.0 Å². The summed E-state index contributed by atoms with van der Waals surface area (Å²) in [5.74, 6) is -0.852. The molecule has 0 aliphatic heterocycles. The number of ether oxygens (including phenoxy) is 1. The van der Waals surface area contributed by atoms with E-state index in [9.17, 15) is 8.78 Å². The molecule has 0 amide bonds. The minimum absolute atomic E-state index is 0.207. The van der Waals surface area contributed by atoms with Crippen LogP contribution in [0.5, 0.6) is 0 Å². The summed E-state index contributed by atoms with van der Waals surface area (Å²) in [4.78, 5) is 0. The summed E-state index contributed by atoms with van der Waals surface area (Å²) in [6.45, 7) is 0.526. The molecule has 2 N–H and O–H groups in total. The molecule has 1 aromatic carbocycles. The van der Waals surface area contributed by atoms with Crippen molar-refractivity contribution in [3.63, 3.8) is 0 Å². The number of nitrogens with two attached hydrogens (primary N) is 1. The lowest BCUT2D eigenvalue weighted by atomic mass is 10.0. The highest BCUT2D eigenvalue weighted by molar-refractivity contribution is 5.19. The van der Waals surface area contributed by atoms with E-state index in [-0.39, 0.29) is 6.04 Å². The summed E-state index contributed by atoms with van der Waals surface area (Å²) in [5.41, 5.74) is 6.06. The fraction of sp³-hybridized carbons (Fsp3) is 0.455. The van der Waals surface area contributed by atoms with E-state index in [0.29, 0.717) is 25.0 Å². The summed E-state index contributed by atoms with van der Waals surface area (Å²) in [7, 11) is 1.58. The quantitative estimate of drug-likeness (QED) is 0.813. The monoisotopic (exact) mass is 215 g/mol. The third-order valence-electron chi connectivity index (χ3n) is 2.18. The van der Waals surface area contributed by atoms with E-state index in [1.165, 1.54) is 6.07 Å². The van der Waals surface area contributed by atoms with E-state index in [0.717, 1.165) is 12.1 Å². The maximum atomic E-state index is 13.2. The Kier molecular flexibility index (Phi) is 4.65. The van der Waals surface area contributed by atoms with Crippen LogP contribution in [0, 0.1) is 11.6 Å². The number of rotatable bonds is 5. The van der Waals surface area contributed by atoms with Gasteiger partial charge in [-0.05, 0) is 36.6 Å². The van der Waals surface area contributed by atoms with Crippen LogP contribution in [0.3, 0.4) is 0 Å². The van der Waals surface area contributed by atoms with Crippen molar-refractivity contribution in [3.05, 3.63) is 35.4 Å². The van der Waals surface area contributed by atoms with Crippen molar-refractivity contribution in [3.8, 4) is 0 Å². The normalized spacial score (nSPS) is 12.8. The van der Waals surface area contributed by atoms with Gasteiger partial charge >= 0.3 is 0 Å². The maximum Gasteiger partial charge on any atom is 0.126 e. The van der Waals surface area contributed by atoms with Crippen molar-refractivity contribution in [2.75, 3.05) is 13.7 Å². The molecule has 84 valence electrons. The van der Waals surface area contributed by atoms with Crippen LogP contribution < -0.4 is 5.73 Å². The summed E-state index contributed by atoms with van der Waals surface area (Å²) in [6, 6.07) is 3.19. The Bertz CT molecular complexity index is 317. The van der Waals surface area contributed by atoms with Gasteiger partial charge in [-0.15, -0.1) is 0 Å². The largest absolute Gasteiger partial charge is 0.385 e. The lowest BCUT2D eigenvalue weighted by molar-refractivity contribution is 0.187. The lowest BCUT2D eigenvalue weighted by Crippen LogP contribution is -2.25. The van der Waals surface area contributed by atoms with Gasteiger partial charge in [-0.25, -0.2) is 8.78 Å². The first-order chi connectivity index (χ1) is 7.13. The molecule has 1 rings (SSSR count). The fourth-order valence-corrected chi connectivity index (χ4v) is 1.35. The van der Waals surface area contributed by atoms with Crippen LogP contribution in [0.4, 0.5) is 8.78 Å². The topological polar surface area (TPSA) is 35.2 Å². The molecule has 0 aliphatic carbocycles. The lowest BCUT2D eigenvalue weighted by Gasteiger charge is -2.11. The molecule has 0 saturated heterocycles. The molecule has 2 nitrogen and oxygen atoms in total. The van der Waals surface area contributed by atoms with Gasteiger partial charge in [-0.3, -0.25) is 0 Å². The SMILES string of the molecule is COCCC(N)Cc1cc(F)ccc1F. The summed E-state index contributed by atoms with van der Waals surface area (Å²) in [6.07, 6.45) is 0.958. The van der Waals surface area contributed by atoms with Gasteiger partial charge in [-0.2, -0.15) is 0 Å². The fourth-order valence-electron chi connectivity index (χ4n) is 1.35. The molecule has 0 bridgehead atoms. The molecule has 1 unspecified atom stereocenters. The number of methoxy groups -OCH3 is 1. The van der Waals surface area contributed by atoms with Crippen LogP contribution >= 0.6 is 0 Å². The number of hydrogen-bond acceptors (Lipinski definition) is 2. The van der Waals surface area contributed by atoms with Crippen LogP contribution in [0.1, 0.15) is 12.0 Å². The van der Waals surface area contributed by atoms with Gasteiger partial charge in [0.2, 0.25) is 0 Å². The highest BCUT2D eigenvalue weighted by Crippen LogP contribution is 2.12. The van der Waals surface area contributed by atoms with Gasteiger partial charge < -0.3 is 10.5 Å². The molecular formula is C11H15F2NO. The number of halogens is 2. The van der Waals surface area contributed by atoms with E-state index in [2.05, 4.69) is 0 Å². The Balaban J connectivity index is 2.59. The second-order valence-corrected chi connectivity index (χ2v) is 3.48. The first-order valence-electron chi connectivity index (χ1n) is 4.82. The van der Waals surface area contributed by atoms with Crippen LogP contribution in [0.25, 0.3) is 0 Å². The molecule has 0 heterocycles. The van der Waals surface area contributed by atoms with Gasteiger partial charge in [0.15, 0.2) is 0 Å². The molecule has 15 heavy (non-hydrogen) atoms. The van der Waals surface area contributed by atoms with Crippen molar-refractivity contribution in [2.24, 2.45) is 5.73 Å². The smallest absolute Gasteiger partial charge is 0.126 e. The van der Waals surface area contributed by atoms with Crippen molar-refractivity contribution in [1.82, 2.24) is 0 Å². The average molecular weight is 215 g/mol. The summed E-state index contributed by atoms with van der Waals surface area (Å²) < 4.78 is 30.9. The van der Waals surface area contributed by atoms with Gasteiger partial charge in [0.1, 0.15) is 11.6 Å². The molecule has 0 aromatic heterocycles. The standard InChI is InChI=1S/C11H15F2NO/c1-15-5-4-10(14)7-8-6-9(12)2-3-11(8)13/h2-3,6,10H,4-5,7,14H2,1H3. The zero-order chi connectivity index (χ0) is 11.3. The van der Waals surface area contributed by atoms with Gasteiger partial charge in [0.25, 0.3) is 0 Å². The van der Waals surface area contributed by atoms with Gasteiger partial charge in [0, 0.05) is 19.8 Å². The molecule has 0 aliphatic rings. The van der Waals surface area contributed by atoms with E-state index < -0.39 is 11.6 Å². The maximum absolute atomic E-state index is 13.2. The second kappa shape index (κ2) is 5.78. The minimum Gasteiger partial charge on any atom is -0.385 e. The summed E-state index contributed by atoms with van der Waals surface area (Å²) in [5, 5.41) is 0. The van der Waals surface area contributed by atoms with Crippen molar-refractivity contribution in [2.45, 2.75) is 18.9 Å². The predicted octanol–water partition coefficient (Wildman–Crippen LogP) is 1.87. The first kappa shape index (κ1) is 12.1. The minimum atomic E-state index is -0.439. The van der Waals surface area contributed by atoms with Crippen LogP contribution in [-0.4, -0.2) is 19.8 Å². The third-order valence-corrected chi connectivity index (χ3v) is 2.18. The predicted molar refractivity (Wildman–Crippen MR) is 54.5 cm³/mol.